The Morgan fingerprint density at radius 2 is 2.03 bits per heavy atom. The Balaban J connectivity index is 1.62. The van der Waals surface area contributed by atoms with Crippen LogP contribution in [0.5, 0.6) is 11.5 Å². The van der Waals surface area contributed by atoms with E-state index in [1.165, 1.54) is 24.3 Å². The van der Waals surface area contributed by atoms with Crippen LogP contribution in [0.25, 0.3) is 6.08 Å². The number of allylic oxidation sites excluding steroid dienone is 1. The minimum atomic E-state index is -0.482. The highest BCUT2D eigenvalue weighted by Crippen LogP contribution is 2.40. The number of carbonyl (C=O) groups excluding carboxylic acids is 1. The fourth-order valence-electron chi connectivity index (χ4n) is 3.77. The number of Topliss-reactive ketones (excluding diaryl/α,β-unsaturated/α-hetero) is 1. The molecule has 29 heavy (non-hydrogen) atoms. The number of aromatic hydroxyl groups is 1. The second kappa shape index (κ2) is 7.67. The maximum atomic E-state index is 12.8. The van der Waals surface area contributed by atoms with Crippen molar-refractivity contribution >= 4 is 17.5 Å². The van der Waals surface area contributed by atoms with Gasteiger partial charge in [-0.05, 0) is 55.6 Å². The van der Waals surface area contributed by atoms with E-state index in [1.54, 1.807) is 18.2 Å². The highest BCUT2D eigenvalue weighted by Gasteiger charge is 2.32. The molecule has 0 unspecified atom stereocenters. The third-order valence-electron chi connectivity index (χ3n) is 5.55. The van der Waals surface area contributed by atoms with Gasteiger partial charge < -0.3 is 9.84 Å². The molecule has 2 aromatic rings. The maximum absolute atomic E-state index is 12.8. The largest absolute Gasteiger partial charge is 0.507 e. The number of piperidine rings is 1. The Hall–Kier alpha value is -3.19. The Bertz CT molecular complexity index is 1010. The number of phenols is 1. The summed E-state index contributed by atoms with van der Waals surface area (Å²) in [5.74, 6) is 0.986. The molecule has 0 bridgehead atoms. The lowest BCUT2D eigenvalue weighted by atomic mass is 9.98. The number of nitro groups is 1. The van der Waals surface area contributed by atoms with Gasteiger partial charge in [-0.15, -0.1) is 0 Å². The van der Waals surface area contributed by atoms with Crippen LogP contribution in [-0.4, -0.2) is 33.8 Å². The van der Waals surface area contributed by atoms with Crippen LogP contribution in [0, 0.1) is 16.0 Å². The molecular weight excluding hydrogens is 372 g/mol. The van der Waals surface area contributed by atoms with Gasteiger partial charge in [0, 0.05) is 18.7 Å². The fraction of sp³-hybridized carbons (Fsp3) is 0.318. The number of non-ortho nitro benzene ring substituents is 1. The molecule has 2 aromatic carbocycles. The first-order chi connectivity index (χ1) is 13.9. The van der Waals surface area contributed by atoms with Crippen molar-refractivity contribution < 1.29 is 19.6 Å². The normalized spacial score (nSPS) is 18.7. The number of nitro benzene ring substituents is 1. The molecule has 150 valence electrons. The van der Waals surface area contributed by atoms with Crippen molar-refractivity contribution in [1.82, 2.24) is 4.90 Å². The van der Waals surface area contributed by atoms with Crippen LogP contribution in [0.4, 0.5) is 5.69 Å². The van der Waals surface area contributed by atoms with E-state index < -0.39 is 4.92 Å². The van der Waals surface area contributed by atoms with Gasteiger partial charge in [0.05, 0.1) is 16.1 Å². The van der Waals surface area contributed by atoms with E-state index in [9.17, 15) is 20.0 Å². The third kappa shape index (κ3) is 3.86. The van der Waals surface area contributed by atoms with Crippen LogP contribution in [0.2, 0.25) is 0 Å². The van der Waals surface area contributed by atoms with Crippen molar-refractivity contribution in [2.24, 2.45) is 5.92 Å². The van der Waals surface area contributed by atoms with Crippen LogP contribution in [0.3, 0.4) is 0 Å². The van der Waals surface area contributed by atoms with Gasteiger partial charge in [-0.3, -0.25) is 19.8 Å². The lowest BCUT2D eigenvalue weighted by Crippen LogP contribution is -2.32. The molecule has 0 aromatic heterocycles. The van der Waals surface area contributed by atoms with Crippen LogP contribution in [0.1, 0.15) is 41.3 Å². The fourth-order valence-corrected chi connectivity index (χ4v) is 3.77. The number of ketones is 1. The number of benzene rings is 2. The first-order valence-corrected chi connectivity index (χ1v) is 9.68. The molecule has 7 heteroatoms. The molecule has 0 spiro atoms. The van der Waals surface area contributed by atoms with E-state index in [2.05, 4.69) is 11.8 Å². The van der Waals surface area contributed by atoms with Gasteiger partial charge in [-0.25, -0.2) is 0 Å². The van der Waals surface area contributed by atoms with E-state index in [4.69, 9.17) is 4.74 Å². The monoisotopic (exact) mass is 394 g/mol. The Labute approximate surface area is 168 Å². The molecule has 4 rings (SSSR count). The number of rotatable bonds is 4. The summed E-state index contributed by atoms with van der Waals surface area (Å²) in [6.07, 6.45) is 3.71. The molecule has 2 aliphatic rings. The summed E-state index contributed by atoms with van der Waals surface area (Å²) in [5, 5.41) is 21.4. The molecule has 0 amide bonds. The SMILES string of the molecule is CC1CCN(Cc2c(O)ccc3c2O/C(=C/c2cccc([N+](=O)[O-])c2)C3=O)CC1. The van der Waals surface area contributed by atoms with E-state index in [0.29, 0.717) is 34.9 Å². The number of phenolic OH excluding ortho intramolecular Hbond substituents is 1. The van der Waals surface area contributed by atoms with Crippen molar-refractivity contribution in [1.29, 1.82) is 0 Å². The van der Waals surface area contributed by atoms with Crippen molar-refractivity contribution in [3.05, 3.63) is 69.0 Å². The molecule has 1 N–H and O–H groups in total. The predicted molar refractivity (Wildman–Crippen MR) is 108 cm³/mol. The lowest BCUT2D eigenvalue weighted by molar-refractivity contribution is -0.384. The van der Waals surface area contributed by atoms with Gasteiger partial charge in [0.15, 0.2) is 5.76 Å². The van der Waals surface area contributed by atoms with Gasteiger partial charge in [0.1, 0.15) is 11.5 Å². The zero-order valence-electron chi connectivity index (χ0n) is 16.1. The van der Waals surface area contributed by atoms with Gasteiger partial charge in [-0.2, -0.15) is 0 Å². The Morgan fingerprint density at radius 1 is 1.28 bits per heavy atom. The molecule has 2 aliphatic heterocycles. The Kier molecular flexibility index (Phi) is 5.07. The number of carbonyl (C=O) groups is 1. The molecule has 0 saturated carbocycles. The van der Waals surface area contributed by atoms with Gasteiger partial charge >= 0.3 is 0 Å². The van der Waals surface area contributed by atoms with Crippen LogP contribution in [-0.2, 0) is 6.54 Å². The zero-order chi connectivity index (χ0) is 20.5. The average molecular weight is 394 g/mol. The zero-order valence-corrected chi connectivity index (χ0v) is 16.1. The predicted octanol–water partition coefficient (Wildman–Crippen LogP) is 4.15. The van der Waals surface area contributed by atoms with Crippen LogP contribution < -0.4 is 4.74 Å². The molecule has 0 atom stereocenters. The molecular formula is C22H22N2O5. The van der Waals surface area contributed by atoms with Gasteiger partial charge in [0.2, 0.25) is 5.78 Å². The van der Waals surface area contributed by atoms with Crippen molar-refractivity contribution in [2.75, 3.05) is 13.1 Å². The molecule has 2 heterocycles. The number of likely N-dealkylation sites (tertiary alicyclic amines) is 1. The lowest BCUT2D eigenvalue weighted by Gasteiger charge is -2.30. The number of fused-ring (bicyclic) bond motifs is 1. The number of hydrogen-bond acceptors (Lipinski definition) is 6. The standard InChI is InChI=1S/C22H22N2O5/c1-14-7-9-23(10-8-14)13-18-19(25)6-5-17-21(26)20(29-22(17)18)12-15-3-2-4-16(11-15)24(27)28/h2-6,11-12,14,25H,7-10,13H2,1H3/b20-12+. The van der Waals surface area contributed by atoms with Gasteiger partial charge in [-0.1, -0.05) is 19.1 Å². The minimum Gasteiger partial charge on any atom is -0.507 e. The summed E-state index contributed by atoms with van der Waals surface area (Å²) in [6.45, 7) is 4.63. The highest BCUT2D eigenvalue weighted by atomic mass is 16.6. The van der Waals surface area contributed by atoms with E-state index in [1.807, 2.05) is 0 Å². The number of ether oxygens (including phenoxy) is 1. The smallest absolute Gasteiger partial charge is 0.270 e. The Morgan fingerprint density at radius 3 is 2.76 bits per heavy atom. The number of hydrogen-bond donors (Lipinski definition) is 1. The minimum absolute atomic E-state index is 0.0556. The third-order valence-corrected chi connectivity index (χ3v) is 5.55. The highest BCUT2D eigenvalue weighted by molar-refractivity contribution is 6.15. The van der Waals surface area contributed by atoms with Crippen LogP contribution in [0.15, 0.2) is 42.2 Å². The molecule has 7 nitrogen and oxygen atoms in total. The van der Waals surface area contributed by atoms with Crippen molar-refractivity contribution in [2.45, 2.75) is 26.3 Å². The van der Waals surface area contributed by atoms with Crippen molar-refractivity contribution in [3.63, 3.8) is 0 Å². The quantitative estimate of drug-likeness (QED) is 0.476. The second-order valence-corrected chi connectivity index (χ2v) is 7.69. The van der Waals surface area contributed by atoms with Crippen LogP contribution >= 0.6 is 0 Å². The summed E-state index contributed by atoms with van der Waals surface area (Å²) in [6, 6.07) is 9.10. The summed E-state index contributed by atoms with van der Waals surface area (Å²) in [5.41, 5.74) is 1.46. The maximum Gasteiger partial charge on any atom is 0.270 e. The summed E-state index contributed by atoms with van der Waals surface area (Å²) >= 11 is 0. The molecule has 1 saturated heterocycles. The summed E-state index contributed by atoms with van der Waals surface area (Å²) < 4.78 is 5.85. The van der Waals surface area contributed by atoms with E-state index in [0.717, 1.165) is 25.9 Å². The number of nitrogens with zero attached hydrogens (tertiary/aromatic N) is 2. The first-order valence-electron chi connectivity index (χ1n) is 9.68. The average Bonchev–Trinajstić information content (AvgIpc) is 3.01. The molecule has 0 aliphatic carbocycles. The topological polar surface area (TPSA) is 92.9 Å². The second-order valence-electron chi connectivity index (χ2n) is 7.69. The first kappa shape index (κ1) is 19.1. The summed E-state index contributed by atoms with van der Waals surface area (Å²) in [4.78, 5) is 25.5. The summed E-state index contributed by atoms with van der Waals surface area (Å²) in [7, 11) is 0. The van der Waals surface area contributed by atoms with E-state index >= 15 is 0 Å². The van der Waals surface area contributed by atoms with Crippen molar-refractivity contribution in [3.8, 4) is 11.5 Å². The molecule has 1 fully saturated rings. The van der Waals surface area contributed by atoms with E-state index in [-0.39, 0.29) is 23.0 Å². The van der Waals surface area contributed by atoms with Gasteiger partial charge in [0.25, 0.3) is 5.69 Å². The molecule has 0 radical (unpaired) electrons.